The zero-order valence-corrected chi connectivity index (χ0v) is 21.5. The summed E-state index contributed by atoms with van der Waals surface area (Å²) >= 11 is 0. The molecule has 0 heterocycles. The number of methoxy groups -OCH3 is 1. The first-order chi connectivity index (χ1) is 16.5. The van der Waals surface area contributed by atoms with Crippen LogP contribution in [0.5, 0.6) is 0 Å². The van der Waals surface area contributed by atoms with Crippen molar-refractivity contribution in [3.63, 3.8) is 0 Å². The quantitative estimate of drug-likeness (QED) is 0.348. The fraction of sp³-hybridized carbons (Fsp3) is 0.414. The lowest BCUT2D eigenvalue weighted by molar-refractivity contribution is -0.158. The van der Waals surface area contributed by atoms with Crippen LogP contribution in [-0.4, -0.2) is 36.0 Å². The molecule has 0 saturated heterocycles. The van der Waals surface area contributed by atoms with Crippen LogP contribution in [0.15, 0.2) is 48.5 Å². The van der Waals surface area contributed by atoms with Crippen LogP contribution in [0.3, 0.4) is 0 Å². The molecule has 6 nitrogen and oxygen atoms in total. The fourth-order valence-electron chi connectivity index (χ4n) is 3.60. The van der Waals surface area contributed by atoms with Crippen LogP contribution >= 0.6 is 0 Å². The number of ketones is 1. The number of carbonyl (C=O) groups is 3. The SMILES string of the molecule is CCC(C)(C)C(=O)OC(c1ccccc1)c1cc(C)cc(C)c1C=CC(O)CCC(=O)C(=O)OC. The van der Waals surface area contributed by atoms with Crippen LogP contribution in [-0.2, 0) is 23.9 Å². The number of aliphatic hydroxyl groups excluding tert-OH is 1. The van der Waals surface area contributed by atoms with E-state index in [1.807, 2.05) is 77.1 Å². The minimum absolute atomic E-state index is 0.0897. The van der Waals surface area contributed by atoms with Crippen molar-refractivity contribution in [2.75, 3.05) is 7.11 Å². The second kappa shape index (κ2) is 12.5. The van der Waals surface area contributed by atoms with E-state index in [1.165, 1.54) is 0 Å². The Balaban J connectivity index is 2.44. The molecule has 0 aromatic heterocycles. The molecule has 0 spiro atoms. The fourth-order valence-corrected chi connectivity index (χ4v) is 3.60. The maximum atomic E-state index is 13.1. The molecule has 2 unspecified atom stereocenters. The van der Waals surface area contributed by atoms with Gasteiger partial charge >= 0.3 is 11.9 Å². The van der Waals surface area contributed by atoms with E-state index in [-0.39, 0.29) is 18.8 Å². The summed E-state index contributed by atoms with van der Waals surface area (Å²) in [5, 5.41) is 10.4. The largest absolute Gasteiger partial charge is 0.463 e. The van der Waals surface area contributed by atoms with Crippen LogP contribution in [0.25, 0.3) is 6.08 Å². The molecular weight excluding hydrogens is 444 g/mol. The molecule has 0 aliphatic rings. The molecule has 35 heavy (non-hydrogen) atoms. The van der Waals surface area contributed by atoms with Gasteiger partial charge in [0.15, 0.2) is 6.10 Å². The third-order valence-corrected chi connectivity index (χ3v) is 6.17. The Morgan fingerprint density at radius 1 is 1.09 bits per heavy atom. The molecule has 0 fully saturated rings. The van der Waals surface area contributed by atoms with Crippen LogP contribution in [0.1, 0.15) is 74.0 Å². The number of ether oxygens (including phenoxy) is 2. The van der Waals surface area contributed by atoms with E-state index in [4.69, 9.17) is 4.74 Å². The van der Waals surface area contributed by atoms with Crippen LogP contribution in [0.2, 0.25) is 0 Å². The number of benzene rings is 2. The van der Waals surface area contributed by atoms with E-state index in [2.05, 4.69) is 4.74 Å². The van der Waals surface area contributed by atoms with Crippen molar-refractivity contribution in [3.8, 4) is 0 Å². The molecule has 2 atom stereocenters. The molecule has 2 rings (SSSR count). The van der Waals surface area contributed by atoms with Gasteiger partial charge in [0.2, 0.25) is 5.78 Å². The summed E-state index contributed by atoms with van der Waals surface area (Å²) in [5.74, 6) is -1.88. The zero-order chi connectivity index (χ0) is 26.2. The molecule has 1 N–H and O–H groups in total. The molecule has 0 radical (unpaired) electrons. The van der Waals surface area contributed by atoms with Gasteiger partial charge in [0.05, 0.1) is 18.6 Å². The molecule has 0 amide bonds. The second-order valence-corrected chi connectivity index (χ2v) is 9.40. The molecule has 2 aromatic rings. The molecule has 0 saturated carbocycles. The van der Waals surface area contributed by atoms with Gasteiger partial charge in [-0.15, -0.1) is 0 Å². The lowest BCUT2D eigenvalue weighted by Gasteiger charge is -2.27. The van der Waals surface area contributed by atoms with Crippen LogP contribution in [0, 0.1) is 19.3 Å². The highest BCUT2D eigenvalue weighted by Crippen LogP contribution is 2.35. The van der Waals surface area contributed by atoms with Crippen molar-refractivity contribution >= 4 is 23.8 Å². The molecule has 0 bridgehead atoms. The summed E-state index contributed by atoms with van der Waals surface area (Å²) in [5.41, 5.74) is 3.82. The van der Waals surface area contributed by atoms with E-state index in [9.17, 15) is 19.5 Å². The van der Waals surface area contributed by atoms with Gasteiger partial charge in [0, 0.05) is 12.0 Å². The number of esters is 2. The van der Waals surface area contributed by atoms with Crippen LogP contribution in [0.4, 0.5) is 0 Å². The number of hydrogen-bond acceptors (Lipinski definition) is 6. The van der Waals surface area contributed by atoms with Gasteiger partial charge in [-0.2, -0.15) is 0 Å². The topological polar surface area (TPSA) is 89.9 Å². The van der Waals surface area contributed by atoms with Crippen molar-refractivity contribution in [2.45, 2.75) is 66.1 Å². The number of aliphatic hydroxyl groups is 1. The first-order valence-electron chi connectivity index (χ1n) is 11.8. The highest BCUT2D eigenvalue weighted by molar-refractivity contribution is 6.33. The predicted octanol–water partition coefficient (Wildman–Crippen LogP) is 5.27. The third-order valence-electron chi connectivity index (χ3n) is 6.17. The monoisotopic (exact) mass is 480 g/mol. The van der Waals surface area contributed by atoms with Crippen molar-refractivity contribution < 1.29 is 29.0 Å². The van der Waals surface area contributed by atoms with Gasteiger partial charge in [-0.1, -0.05) is 67.1 Å². The number of hydrogen-bond donors (Lipinski definition) is 1. The van der Waals surface area contributed by atoms with Gasteiger partial charge < -0.3 is 14.6 Å². The number of carbonyl (C=O) groups excluding carboxylic acids is 3. The number of aryl methyl sites for hydroxylation is 2. The third kappa shape index (κ3) is 7.62. The first kappa shape index (κ1) is 28.0. The minimum Gasteiger partial charge on any atom is -0.463 e. The zero-order valence-electron chi connectivity index (χ0n) is 21.5. The highest BCUT2D eigenvalue weighted by Gasteiger charge is 2.31. The highest BCUT2D eigenvalue weighted by atomic mass is 16.5. The average molecular weight is 481 g/mol. The summed E-state index contributed by atoms with van der Waals surface area (Å²) in [7, 11) is 1.15. The Labute approximate surface area is 208 Å². The summed E-state index contributed by atoms with van der Waals surface area (Å²) < 4.78 is 10.5. The van der Waals surface area contributed by atoms with Crippen LogP contribution < -0.4 is 0 Å². The van der Waals surface area contributed by atoms with E-state index in [1.54, 1.807) is 12.2 Å². The Bertz CT molecular complexity index is 1070. The molecule has 6 heteroatoms. The van der Waals surface area contributed by atoms with Gasteiger partial charge in [-0.3, -0.25) is 9.59 Å². The van der Waals surface area contributed by atoms with Gasteiger partial charge in [-0.25, -0.2) is 4.79 Å². The number of Topliss-reactive ketones (excluding diaryl/α,β-unsaturated/α-hetero) is 1. The Hall–Kier alpha value is -3.25. The number of rotatable bonds is 11. The Morgan fingerprint density at radius 2 is 1.74 bits per heavy atom. The lowest BCUT2D eigenvalue weighted by Crippen LogP contribution is -2.28. The summed E-state index contributed by atoms with van der Waals surface area (Å²) in [4.78, 5) is 36.1. The molecular formula is C29H36O6. The smallest absolute Gasteiger partial charge is 0.374 e. The molecule has 188 valence electrons. The minimum atomic E-state index is -0.936. The lowest BCUT2D eigenvalue weighted by atomic mass is 9.89. The molecule has 0 aliphatic heterocycles. The Kier molecular flexibility index (Phi) is 9.96. The van der Waals surface area contributed by atoms with Crippen molar-refractivity contribution in [1.29, 1.82) is 0 Å². The maximum Gasteiger partial charge on any atom is 0.374 e. The predicted molar refractivity (Wildman–Crippen MR) is 136 cm³/mol. The standard InChI is InChI=1S/C29H36O6/c1-7-29(4,5)28(33)35-26(21-11-9-8-10-12-21)24-18-19(2)17-20(3)23(24)15-13-22(30)14-16-25(31)27(32)34-6/h8-13,15,17-18,22,26,30H,7,14,16H2,1-6H3. The Morgan fingerprint density at radius 3 is 2.34 bits per heavy atom. The van der Waals surface area contributed by atoms with Gasteiger partial charge in [0.25, 0.3) is 0 Å². The van der Waals surface area contributed by atoms with Crippen molar-refractivity contribution in [2.24, 2.45) is 5.41 Å². The van der Waals surface area contributed by atoms with Crippen molar-refractivity contribution in [3.05, 3.63) is 76.4 Å². The maximum absolute atomic E-state index is 13.1. The summed E-state index contributed by atoms with van der Waals surface area (Å²) in [6.45, 7) is 9.63. The van der Waals surface area contributed by atoms with Gasteiger partial charge in [0.1, 0.15) is 0 Å². The van der Waals surface area contributed by atoms with E-state index in [0.29, 0.717) is 6.42 Å². The molecule has 0 aliphatic carbocycles. The summed E-state index contributed by atoms with van der Waals surface area (Å²) in [6.07, 6.45) is 2.42. The van der Waals surface area contributed by atoms with Gasteiger partial charge in [-0.05, 0) is 57.2 Å². The molecule has 2 aromatic carbocycles. The first-order valence-corrected chi connectivity index (χ1v) is 11.8. The second-order valence-electron chi connectivity index (χ2n) is 9.40. The van der Waals surface area contributed by atoms with Crippen molar-refractivity contribution in [1.82, 2.24) is 0 Å². The summed E-state index contributed by atoms with van der Waals surface area (Å²) in [6, 6.07) is 13.6. The normalized spacial score (nSPS) is 13.3. The average Bonchev–Trinajstić information content (AvgIpc) is 2.84. The van der Waals surface area contributed by atoms with E-state index < -0.39 is 29.4 Å². The van der Waals surface area contributed by atoms with E-state index >= 15 is 0 Å². The van der Waals surface area contributed by atoms with E-state index in [0.717, 1.165) is 34.9 Å².